The van der Waals surface area contributed by atoms with E-state index < -0.39 is 5.92 Å². The number of nitrogens with two attached hydrogens (primary N) is 2. The average Bonchev–Trinajstić information content (AvgIpc) is 2.71. The van der Waals surface area contributed by atoms with E-state index in [0.29, 0.717) is 28.3 Å². The zero-order valence-corrected chi connectivity index (χ0v) is 16.8. The van der Waals surface area contributed by atoms with Gasteiger partial charge in [-0.15, -0.1) is 0 Å². The van der Waals surface area contributed by atoms with Gasteiger partial charge in [-0.3, -0.25) is 10.8 Å². The third kappa shape index (κ3) is 3.97. The van der Waals surface area contributed by atoms with Gasteiger partial charge in [0.15, 0.2) is 0 Å². The molecule has 28 heavy (non-hydrogen) atoms. The third-order valence-electron chi connectivity index (χ3n) is 5.23. The highest BCUT2D eigenvalue weighted by Crippen LogP contribution is 2.40. The summed E-state index contributed by atoms with van der Waals surface area (Å²) >= 11 is 0. The van der Waals surface area contributed by atoms with Crippen molar-refractivity contribution in [1.82, 2.24) is 4.90 Å². The first kappa shape index (κ1) is 21.3. The second-order valence-corrected chi connectivity index (χ2v) is 6.81. The molecular weight excluding hydrogens is 350 g/mol. The Balaban J connectivity index is 0.00000136. The highest BCUT2D eigenvalue weighted by molar-refractivity contribution is 6.51. The molecule has 0 radical (unpaired) electrons. The summed E-state index contributed by atoms with van der Waals surface area (Å²) in [6, 6.07) is 2.31. The Morgan fingerprint density at radius 3 is 2.50 bits per heavy atom. The molecule has 3 aliphatic rings. The summed E-state index contributed by atoms with van der Waals surface area (Å²) in [5.74, 6) is -0.0928. The molecule has 1 atom stereocenters. The predicted octanol–water partition coefficient (Wildman–Crippen LogP) is 2.50. The fourth-order valence-corrected chi connectivity index (χ4v) is 3.74. The number of hydrogen-bond acceptors (Lipinski definition) is 7. The molecule has 0 aromatic heterocycles. The molecule has 3 rings (SSSR count). The minimum absolute atomic E-state index is 0.0852. The standard InChI is InChI=1S/C19H23N7.C2H6/c1-26-7-5-11(6-8-26)18-13(9-20)16(14(10-21)19(24)25-18)12-3-2-4-15(22)17(12)23;1-2/h2-4,10-11,16,22-23H,5-8,21H2,1H3,(H2,24,25);1-2H3/b14-10-,22-15?,23-17?;. The second kappa shape index (κ2) is 9.29. The highest BCUT2D eigenvalue weighted by atomic mass is 15.1. The van der Waals surface area contributed by atoms with Gasteiger partial charge in [-0.05, 0) is 44.6 Å². The topological polar surface area (TPSA) is 139 Å². The molecular formula is C21H29N7. The average molecular weight is 380 g/mol. The number of likely N-dealkylation sites (tertiary alicyclic amines) is 1. The first-order valence-corrected chi connectivity index (χ1v) is 9.63. The van der Waals surface area contributed by atoms with Crippen LogP contribution in [0.5, 0.6) is 0 Å². The van der Waals surface area contributed by atoms with Crippen LogP contribution in [-0.4, -0.2) is 42.3 Å². The van der Waals surface area contributed by atoms with Crippen LogP contribution in [0.1, 0.15) is 26.7 Å². The van der Waals surface area contributed by atoms with Crippen molar-refractivity contribution in [2.75, 3.05) is 20.1 Å². The van der Waals surface area contributed by atoms with E-state index in [0.717, 1.165) is 25.9 Å². The number of allylic oxidation sites excluding steroid dienone is 6. The first-order chi connectivity index (χ1) is 13.5. The lowest BCUT2D eigenvalue weighted by Crippen LogP contribution is -2.36. The van der Waals surface area contributed by atoms with E-state index in [1.54, 1.807) is 18.2 Å². The Morgan fingerprint density at radius 1 is 1.29 bits per heavy atom. The predicted molar refractivity (Wildman–Crippen MR) is 114 cm³/mol. The van der Waals surface area contributed by atoms with Crippen LogP contribution in [0.15, 0.2) is 51.8 Å². The molecule has 7 nitrogen and oxygen atoms in total. The molecule has 1 unspecified atom stereocenters. The van der Waals surface area contributed by atoms with Crippen LogP contribution in [0.2, 0.25) is 0 Å². The van der Waals surface area contributed by atoms with Crippen molar-refractivity contribution in [3.05, 3.63) is 46.8 Å². The Labute approximate surface area is 166 Å². The lowest BCUT2D eigenvalue weighted by atomic mass is 9.75. The zero-order valence-electron chi connectivity index (χ0n) is 16.8. The van der Waals surface area contributed by atoms with E-state index in [2.05, 4.69) is 23.0 Å². The van der Waals surface area contributed by atoms with Gasteiger partial charge in [0.05, 0.1) is 34.7 Å². The van der Waals surface area contributed by atoms with Crippen molar-refractivity contribution in [2.24, 2.45) is 28.3 Å². The summed E-state index contributed by atoms with van der Waals surface area (Å²) < 4.78 is 0. The summed E-state index contributed by atoms with van der Waals surface area (Å²) in [5.41, 5.74) is 14.5. The monoisotopic (exact) mass is 379 g/mol. The third-order valence-corrected chi connectivity index (χ3v) is 5.23. The van der Waals surface area contributed by atoms with Crippen molar-refractivity contribution >= 4 is 17.3 Å². The number of rotatable bonds is 2. The number of piperidine rings is 1. The Kier molecular flexibility index (Phi) is 7.07. The van der Waals surface area contributed by atoms with Gasteiger partial charge in [-0.25, -0.2) is 4.99 Å². The quantitative estimate of drug-likeness (QED) is 0.547. The van der Waals surface area contributed by atoms with E-state index in [9.17, 15) is 5.26 Å². The van der Waals surface area contributed by atoms with Crippen molar-refractivity contribution in [2.45, 2.75) is 26.7 Å². The molecule has 0 spiro atoms. The van der Waals surface area contributed by atoms with E-state index in [1.807, 2.05) is 13.8 Å². The van der Waals surface area contributed by atoms with Crippen LogP contribution in [0.25, 0.3) is 0 Å². The molecule has 2 aliphatic heterocycles. The largest absolute Gasteiger partial charge is 0.404 e. The van der Waals surface area contributed by atoms with Crippen LogP contribution in [0, 0.1) is 34.0 Å². The number of nitrogens with one attached hydrogen (secondary N) is 2. The van der Waals surface area contributed by atoms with Crippen LogP contribution < -0.4 is 11.5 Å². The maximum atomic E-state index is 9.93. The van der Waals surface area contributed by atoms with E-state index in [1.165, 1.54) is 6.20 Å². The minimum Gasteiger partial charge on any atom is -0.404 e. The molecule has 2 heterocycles. The number of amidine groups is 1. The van der Waals surface area contributed by atoms with Gasteiger partial charge in [-0.1, -0.05) is 26.0 Å². The van der Waals surface area contributed by atoms with Gasteiger partial charge in [0.25, 0.3) is 0 Å². The summed E-state index contributed by atoms with van der Waals surface area (Å²) in [6.07, 6.45) is 8.23. The van der Waals surface area contributed by atoms with Gasteiger partial charge in [0, 0.05) is 17.7 Å². The van der Waals surface area contributed by atoms with Gasteiger partial charge < -0.3 is 16.4 Å². The molecule has 6 N–H and O–H groups in total. The lowest BCUT2D eigenvalue weighted by molar-refractivity contribution is 0.236. The van der Waals surface area contributed by atoms with Crippen LogP contribution >= 0.6 is 0 Å². The molecule has 0 saturated carbocycles. The maximum Gasteiger partial charge on any atom is 0.129 e. The first-order valence-electron chi connectivity index (χ1n) is 9.63. The number of hydrogen-bond donors (Lipinski definition) is 4. The molecule has 1 fully saturated rings. The van der Waals surface area contributed by atoms with Crippen molar-refractivity contribution in [3.63, 3.8) is 0 Å². The van der Waals surface area contributed by atoms with Crippen LogP contribution in [0.4, 0.5) is 0 Å². The summed E-state index contributed by atoms with van der Waals surface area (Å²) in [4.78, 5) is 6.80. The van der Waals surface area contributed by atoms with E-state index >= 15 is 0 Å². The summed E-state index contributed by atoms with van der Waals surface area (Å²) in [5, 5.41) is 26.2. The normalized spacial score (nSPS) is 25.1. The SMILES string of the molecule is CC.CN1CCC(C2=C(C#N)C(C3=CC=CC(=N)C3=N)/C(=C/N)C(N)=N2)CC1. The van der Waals surface area contributed by atoms with E-state index in [-0.39, 0.29) is 17.3 Å². The molecule has 0 bridgehead atoms. The fraction of sp³-hybridized carbons (Fsp3) is 0.429. The molecule has 1 aliphatic carbocycles. The number of nitrogens with zero attached hydrogens (tertiary/aromatic N) is 3. The van der Waals surface area contributed by atoms with Crippen LogP contribution in [-0.2, 0) is 0 Å². The summed E-state index contributed by atoms with van der Waals surface area (Å²) in [7, 11) is 2.08. The van der Waals surface area contributed by atoms with Gasteiger partial charge in [-0.2, -0.15) is 5.26 Å². The molecule has 0 amide bonds. The zero-order chi connectivity index (χ0) is 20.8. The smallest absolute Gasteiger partial charge is 0.129 e. The molecule has 1 saturated heterocycles. The molecule has 0 aromatic rings. The van der Waals surface area contributed by atoms with Gasteiger partial charge in [0.2, 0.25) is 0 Å². The van der Waals surface area contributed by atoms with Crippen molar-refractivity contribution < 1.29 is 0 Å². The number of aliphatic imine (C=N–C) groups is 1. The highest BCUT2D eigenvalue weighted by Gasteiger charge is 2.37. The molecule has 7 heteroatoms. The Hall–Kier alpha value is -2.98. The van der Waals surface area contributed by atoms with Crippen molar-refractivity contribution in [3.8, 4) is 6.07 Å². The fourth-order valence-electron chi connectivity index (χ4n) is 3.74. The number of nitriles is 1. The van der Waals surface area contributed by atoms with Crippen molar-refractivity contribution in [1.29, 1.82) is 16.1 Å². The minimum atomic E-state index is -0.546. The Morgan fingerprint density at radius 2 is 1.93 bits per heavy atom. The van der Waals surface area contributed by atoms with Crippen LogP contribution in [0.3, 0.4) is 0 Å². The van der Waals surface area contributed by atoms with Gasteiger partial charge in [0.1, 0.15) is 5.84 Å². The maximum absolute atomic E-state index is 9.93. The Bertz CT molecular complexity index is 840. The summed E-state index contributed by atoms with van der Waals surface area (Å²) in [6.45, 7) is 5.89. The molecule has 0 aromatic carbocycles. The van der Waals surface area contributed by atoms with Gasteiger partial charge >= 0.3 is 0 Å². The second-order valence-electron chi connectivity index (χ2n) is 6.81. The molecule has 148 valence electrons. The lowest BCUT2D eigenvalue weighted by Gasteiger charge is -2.34. The van der Waals surface area contributed by atoms with E-state index in [4.69, 9.17) is 22.3 Å².